The molecule has 1 aromatic heterocycles. The summed E-state index contributed by atoms with van der Waals surface area (Å²) in [7, 11) is 0. The highest BCUT2D eigenvalue weighted by Crippen LogP contribution is 2.02. The Hall–Kier alpha value is -1.98. The maximum atomic E-state index is 11.5. The molecule has 1 rings (SSSR count). The summed E-state index contributed by atoms with van der Waals surface area (Å²) in [4.78, 5) is 32.6. The van der Waals surface area contributed by atoms with E-state index in [4.69, 9.17) is 0 Å². The van der Waals surface area contributed by atoms with Crippen LogP contribution in [0.25, 0.3) is 0 Å². The van der Waals surface area contributed by atoms with E-state index in [1.165, 1.54) is 12.3 Å². The van der Waals surface area contributed by atoms with Crippen LogP contribution in [0, 0.1) is 10.1 Å². The van der Waals surface area contributed by atoms with Crippen LogP contribution in [0.4, 0.5) is 5.69 Å². The van der Waals surface area contributed by atoms with Gasteiger partial charge < -0.3 is 4.57 Å². The maximum absolute atomic E-state index is 11.5. The van der Waals surface area contributed by atoms with E-state index in [1.807, 2.05) is 6.92 Å². The molecule has 0 saturated carbocycles. The fourth-order valence-corrected chi connectivity index (χ4v) is 1.34. The first-order valence-electron chi connectivity index (χ1n) is 4.91. The molecule has 0 fully saturated rings. The van der Waals surface area contributed by atoms with Crippen LogP contribution in [-0.4, -0.2) is 15.3 Å². The number of ketones is 1. The zero-order valence-corrected chi connectivity index (χ0v) is 8.88. The number of Topliss-reactive ketones (excluding diaryl/α,β-unsaturated/α-hetero) is 1. The van der Waals surface area contributed by atoms with Crippen molar-refractivity contribution < 1.29 is 9.72 Å². The van der Waals surface area contributed by atoms with Gasteiger partial charge in [-0.05, 0) is 12.5 Å². The lowest BCUT2D eigenvalue weighted by atomic mass is 10.2. The van der Waals surface area contributed by atoms with Crippen LogP contribution in [0.3, 0.4) is 0 Å². The van der Waals surface area contributed by atoms with Crippen LogP contribution in [0.15, 0.2) is 23.1 Å². The van der Waals surface area contributed by atoms with Gasteiger partial charge >= 0.3 is 11.2 Å². The lowest BCUT2D eigenvalue weighted by molar-refractivity contribution is -0.386. The normalized spacial score (nSPS) is 10.1. The van der Waals surface area contributed by atoms with Crippen LogP contribution in [-0.2, 0) is 11.3 Å². The second kappa shape index (κ2) is 5.20. The van der Waals surface area contributed by atoms with E-state index in [9.17, 15) is 19.7 Å². The number of hydrogen-bond acceptors (Lipinski definition) is 4. The average molecular weight is 224 g/mol. The molecule has 86 valence electrons. The zero-order valence-electron chi connectivity index (χ0n) is 8.88. The quantitative estimate of drug-likeness (QED) is 0.554. The van der Waals surface area contributed by atoms with Crippen molar-refractivity contribution in [3.05, 3.63) is 38.8 Å². The van der Waals surface area contributed by atoms with Crippen molar-refractivity contribution in [1.82, 2.24) is 4.57 Å². The summed E-state index contributed by atoms with van der Waals surface area (Å²) in [5, 5.41) is 10.5. The summed E-state index contributed by atoms with van der Waals surface area (Å²) in [6.07, 6.45) is 2.44. The molecule has 0 spiro atoms. The molecule has 0 atom stereocenters. The number of nitro groups is 1. The van der Waals surface area contributed by atoms with Gasteiger partial charge in [-0.15, -0.1) is 0 Å². The molecular weight excluding hydrogens is 212 g/mol. The molecule has 0 amide bonds. The Morgan fingerprint density at radius 3 is 2.81 bits per heavy atom. The fourth-order valence-electron chi connectivity index (χ4n) is 1.34. The Morgan fingerprint density at radius 1 is 1.56 bits per heavy atom. The molecule has 0 bridgehead atoms. The van der Waals surface area contributed by atoms with Gasteiger partial charge in [-0.2, -0.15) is 0 Å². The molecule has 0 unspecified atom stereocenters. The van der Waals surface area contributed by atoms with Gasteiger partial charge in [-0.1, -0.05) is 6.92 Å². The van der Waals surface area contributed by atoms with Gasteiger partial charge in [-0.25, -0.2) is 0 Å². The molecule has 0 N–H and O–H groups in total. The number of carbonyl (C=O) groups excluding carboxylic acids is 1. The van der Waals surface area contributed by atoms with Crippen molar-refractivity contribution >= 4 is 11.5 Å². The Bertz CT molecular complexity index is 464. The minimum atomic E-state index is -0.747. The molecule has 1 aromatic rings. The minimum Gasteiger partial charge on any atom is -0.302 e. The van der Waals surface area contributed by atoms with E-state index in [2.05, 4.69) is 0 Å². The predicted octanol–water partition coefficient (Wildman–Crippen LogP) is 1.13. The van der Waals surface area contributed by atoms with Crippen molar-refractivity contribution in [3.8, 4) is 0 Å². The molecule has 0 aliphatic carbocycles. The monoisotopic (exact) mass is 224 g/mol. The fraction of sp³-hybridized carbons (Fsp3) is 0.400. The number of aromatic nitrogens is 1. The molecule has 0 aromatic carbocycles. The lowest BCUT2D eigenvalue weighted by Gasteiger charge is -2.03. The first-order chi connectivity index (χ1) is 7.56. The summed E-state index contributed by atoms with van der Waals surface area (Å²) in [6.45, 7) is 1.75. The Morgan fingerprint density at radius 2 is 2.25 bits per heavy atom. The van der Waals surface area contributed by atoms with E-state index in [-0.39, 0.29) is 12.3 Å². The van der Waals surface area contributed by atoms with Crippen LogP contribution in [0.5, 0.6) is 0 Å². The minimum absolute atomic E-state index is 0.103. The molecule has 6 nitrogen and oxygen atoms in total. The highest BCUT2D eigenvalue weighted by atomic mass is 16.6. The van der Waals surface area contributed by atoms with Crippen molar-refractivity contribution in [2.45, 2.75) is 26.3 Å². The molecule has 0 saturated heterocycles. The van der Waals surface area contributed by atoms with Gasteiger partial charge in [0.1, 0.15) is 0 Å². The van der Waals surface area contributed by atoms with Gasteiger partial charge in [0.25, 0.3) is 0 Å². The van der Waals surface area contributed by atoms with E-state index in [0.29, 0.717) is 12.8 Å². The van der Waals surface area contributed by atoms with E-state index in [1.54, 1.807) is 0 Å². The summed E-state index contributed by atoms with van der Waals surface area (Å²) in [5.41, 5.74) is -1.25. The van der Waals surface area contributed by atoms with Crippen LogP contribution in [0.1, 0.15) is 19.8 Å². The molecule has 0 radical (unpaired) electrons. The first kappa shape index (κ1) is 12.1. The number of pyridine rings is 1. The number of nitrogens with zero attached hydrogens (tertiary/aromatic N) is 2. The third-order valence-corrected chi connectivity index (χ3v) is 2.07. The third-order valence-electron chi connectivity index (χ3n) is 2.07. The highest BCUT2D eigenvalue weighted by Gasteiger charge is 2.14. The van der Waals surface area contributed by atoms with Gasteiger partial charge in [0, 0.05) is 18.7 Å². The van der Waals surface area contributed by atoms with Crippen LogP contribution >= 0.6 is 0 Å². The Labute approximate surface area is 91.7 Å². The second-order valence-corrected chi connectivity index (χ2v) is 3.37. The predicted molar refractivity (Wildman–Crippen MR) is 57.3 cm³/mol. The van der Waals surface area contributed by atoms with Crippen molar-refractivity contribution in [2.75, 3.05) is 0 Å². The topological polar surface area (TPSA) is 82.2 Å². The molecule has 1 heterocycles. The third kappa shape index (κ3) is 2.75. The van der Waals surface area contributed by atoms with E-state index < -0.39 is 16.2 Å². The molecule has 0 aliphatic heterocycles. The maximum Gasteiger partial charge on any atom is 0.334 e. The Kier molecular flexibility index (Phi) is 3.93. The number of rotatable bonds is 5. The van der Waals surface area contributed by atoms with Crippen molar-refractivity contribution in [3.63, 3.8) is 0 Å². The standard InChI is InChI=1S/C10H12N2O4/c1-2-4-8(13)7-11-6-3-5-9(10(11)14)12(15)16/h3,5-6H,2,4,7H2,1H3. The van der Waals surface area contributed by atoms with Gasteiger partial charge in [-0.3, -0.25) is 19.7 Å². The van der Waals surface area contributed by atoms with Crippen LogP contribution < -0.4 is 5.56 Å². The van der Waals surface area contributed by atoms with Gasteiger partial charge in [0.05, 0.1) is 11.5 Å². The largest absolute Gasteiger partial charge is 0.334 e. The smallest absolute Gasteiger partial charge is 0.302 e. The highest BCUT2D eigenvalue weighted by molar-refractivity contribution is 5.78. The lowest BCUT2D eigenvalue weighted by Crippen LogP contribution is -2.25. The van der Waals surface area contributed by atoms with Crippen LogP contribution in [0.2, 0.25) is 0 Å². The van der Waals surface area contributed by atoms with E-state index >= 15 is 0 Å². The van der Waals surface area contributed by atoms with Crippen molar-refractivity contribution in [2.24, 2.45) is 0 Å². The average Bonchev–Trinajstić information content (AvgIpc) is 2.21. The van der Waals surface area contributed by atoms with Gasteiger partial charge in [0.2, 0.25) is 0 Å². The molecule has 16 heavy (non-hydrogen) atoms. The summed E-state index contributed by atoms with van der Waals surface area (Å²) >= 11 is 0. The summed E-state index contributed by atoms with van der Waals surface area (Å²) in [5.74, 6) is -0.106. The SMILES string of the molecule is CCCC(=O)Cn1cccc([N+](=O)[O-])c1=O. The number of carbonyl (C=O) groups is 1. The second-order valence-electron chi connectivity index (χ2n) is 3.37. The Balaban J connectivity index is 2.98. The van der Waals surface area contributed by atoms with Gasteiger partial charge in [0.15, 0.2) is 5.78 Å². The zero-order chi connectivity index (χ0) is 12.1. The van der Waals surface area contributed by atoms with Crippen molar-refractivity contribution in [1.29, 1.82) is 0 Å². The molecule has 6 heteroatoms. The van der Waals surface area contributed by atoms with E-state index in [0.717, 1.165) is 10.6 Å². The summed E-state index contributed by atoms with van der Waals surface area (Å²) in [6, 6.07) is 2.52. The molecule has 0 aliphatic rings. The first-order valence-corrected chi connectivity index (χ1v) is 4.91. The summed E-state index contributed by atoms with van der Waals surface area (Å²) < 4.78 is 1.07. The molecular formula is C10H12N2O4. The number of hydrogen-bond donors (Lipinski definition) is 0.